The van der Waals surface area contributed by atoms with Crippen molar-refractivity contribution >= 4 is 11.8 Å². The molecule has 2 amide bonds. The van der Waals surface area contributed by atoms with Crippen molar-refractivity contribution in [1.29, 1.82) is 0 Å². The van der Waals surface area contributed by atoms with Gasteiger partial charge in [0.2, 0.25) is 11.8 Å². The van der Waals surface area contributed by atoms with Gasteiger partial charge in [0.25, 0.3) is 0 Å². The summed E-state index contributed by atoms with van der Waals surface area (Å²) in [7, 11) is 3.36. The zero-order valence-corrected chi connectivity index (χ0v) is 10.3. The van der Waals surface area contributed by atoms with Crippen LogP contribution in [0, 0.1) is 5.92 Å². The molecule has 94 valence electrons. The molecule has 0 spiro atoms. The molecule has 5 heteroatoms. The predicted octanol–water partition coefficient (Wildman–Crippen LogP) is 0.161. The van der Waals surface area contributed by atoms with Crippen molar-refractivity contribution in [2.24, 2.45) is 5.92 Å². The van der Waals surface area contributed by atoms with Gasteiger partial charge in [-0.2, -0.15) is 0 Å². The highest BCUT2D eigenvalue weighted by Crippen LogP contribution is 2.38. The number of likely N-dealkylation sites (N-methyl/N-ethyl adjacent to an activating group) is 2. The Morgan fingerprint density at radius 1 is 1.06 bits per heavy atom. The summed E-state index contributed by atoms with van der Waals surface area (Å²) >= 11 is 0. The molecule has 18 heavy (non-hydrogen) atoms. The van der Waals surface area contributed by atoms with E-state index >= 15 is 0 Å². The molecular formula is C13H15N3O2. The van der Waals surface area contributed by atoms with Crippen LogP contribution in [-0.2, 0) is 9.59 Å². The van der Waals surface area contributed by atoms with Gasteiger partial charge in [0.15, 0.2) is 0 Å². The fourth-order valence-electron chi connectivity index (χ4n) is 2.87. The van der Waals surface area contributed by atoms with Gasteiger partial charge in [0.1, 0.15) is 6.04 Å². The number of benzene rings is 1. The van der Waals surface area contributed by atoms with E-state index < -0.39 is 0 Å². The topological polar surface area (TPSA) is 52.7 Å². The number of carbonyl (C=O) groups excluding carboxylic acids is 2. The fourth-order valence-corrected chi connectivity index (χ4v) is 2.87. The lowest BCUT2D eigenvalue weighted by atomic mass is 9.91. The minimum absolute atomic E-state index is 0.101. The molecule has 1 aromatic rings. The zero-order chi connectivity index (χ0) is 12.9. The first-order valence-electron chi connectivity index (χ1n) is 5.96. The number of hydrogen-bond acceptors (Lipinski definition) is 4. The summed E-state index contributed by atoms with van der Waals surface area (Å²) in [6, 6.07) is 9.27. The smallest absolute Gasteiger partial charge is 0.248 e. The third-order valence-electron chi connectivity index (χ3n) is 3.82. The van der Waals surface area contributed by atoms with Gasteiger partial charge in [-0.05, 0) is 5.56 Å². The largest absolute Gasteiger partial charge is 0.284 e. The second-order valence-corrected chi connectivity index (χ2v) is 4.83. The van der Waals surface area contributed by atoms with E-state index in [2.05, 4.69) is 5.43 Å². The second-order valence-electron chi connectivity index (χ2n) is 4.83. The monoisotopic (exact) mass is 245 g/mol. The molecule has 0 radical (unpaired) electrons. The molecule has 0 aliphatic carbocycles. The molecule has 0 saturated carbocycles. The molecule has 2 aliphatic rings. The summed E-state index contributed by atoms with van der Waals surface area (Å²) < 4.78 is 0. The molecule has 0 aromatic heterocycles. The van der Waals surface area contributed by atoms with E-state index in [1.807, 2.05) is 37.4 Å². The van der Waals surface area contributed by atoms with Crippen molar-refractivity contribution in [3.05, 3.63) is 35.9 Å². The van der Waals surface area contributed by atoms with Gasteiger partial charge in [-0.25, -0.2) is 10.4 Å². The molecule has 0 bridgehead atoms. The van der Waals surface area contributed by atoms with E-state index in [1.165, 1.54) is 4.90 Å². The Balaban J connectivity index is 2.00. The van der Waals surface area contributed by atoms with Crippen LogP contribution in [0.1, 0.15) is 11.6 Å². The molecule has 3 rings (SSSR count). The minimum Gasteiger partial charge on any atom is -0.284 e. The second kappa shape index (κ2) is 3.90. The van der Waals surface area contributed by atoms with Gasteiger partial charge < -0.3 is 0 Å². The van der Waals surface area contributed by atoms with Crippen molar-refractivity contribution < 1.29 is 9.59 Å². The summed E-state index contributed by atoms with van der Waals surface area (Å²) in [5, 5.41) is 1.76. The van der Waals surface area contributed by atoms with Gasteiger partial charge in [0, 0.05) is 14.1 Å². The van der Waals surface area contributed by atoms with Crippen molar-refractivity contribution in [2.75, 3.05) is 14.1 Å². The van der Waals surface area contributed by atoms with Crippen LogP contribution in [0.2, 0.25) is 0 Å². The van der Waals surface area contributed by atoms with Crippen molar-refractivity contribution in [3.63, 3.8) is 0 Å². The molecule has 2 aliphatic heterocycles. The summed E-state index contributed by atoms with van der Waals surface area (Å²) in [4.78, 5) is 25.4. The Hall–Kier alpha value is -1.72. The van der Waals surface area contributed by atoms with Crippen molar-refractivity contribution in [2.45, 2.75) is 12.1 Å². The highest BCUT2D eigenvalue weighted by atomic mass is 16.2. The van der Waals surface area contributed by atoms with Crippen molar-refractivity contribution in [1.82, 2.24) is 15.3 Å². The average molecular weight is 245 g/mol. The maximum atomic E-state index is 12.2. The molecule has 0 unspecified atom stereocenters. The number of amides is 2. The number of carbonyl (C=O) groups is 2. The maximum absolute atomic E-state index is 12.2. The zero-order valence-electron chi connectivity index (χ0n) is 10.3. The summed E-state index contributed by atoms with van der Waals surface area (Å²) in [6.07, 6.45) is 0. The van der Waals surface area contributed by atoms with Crippen LogP contribution < -0.4 is 5.43 Å². The Kier molecular flexibility index (Phi) is 2.46. The van der Waals surface area contributed by atoms with Gasteiger partial charge in [-0.3, -0.25) is 14.5 Å². The number of fused-ring (bicyclic) bond motifs is 1. The Labute approximate surface area is 105 Å². The lowest BCUT2D eigenvalue weighted by molar-refractivity contribution is -0.139. The van der Waals surface area contributed by atoms with Crippen LogP contribution in [0.15, 0.2) is 30.3 Å². The van der Waals surface area contributed by atoms with Crippen molar-refractivity contribution in [3.8, 4) is 0 Å². The number of imide groups is 1. The van der Waals surface area contributed by atoms with Crippen LogP contribution in [0.3, 0.4) is 0 Å². The number of hydrogen-bond donors (Lipinski definition) is 1. The molecule has 1 aromatic carbocycles. The first-order valence-corrected chi connectivity index (χ1v) is 5.96. The Morgan fingerprint density at radius 2 is 1.72 bits per heavy atom. The van der Waals surface area contributed by atoms with E-state index in [9.17, 15) is 9.59 Å². The first kappa shape index (κ1) is 11.4. The molecule has 3 atom stereocenters. The third-order valence-corrected chi connectivity index (χ3v) is 3.82. The molecule has 5 nitrogen and oxygen atoms in total. The van der Waals surface area contributed by atoms with Crippen LogP contribution in [0.25, 0.3) is 0 Å². The standard InChI is InChI=1S/C13H15N3O2/c1-15-12(17)9-10(8-6-4-3-5-7-8)14-16(2)11(9)13(15)18/h3-7,9-11,14H,1-2H3/t9-,10+,11+/m1/s1. The molecule has 1 N–H and O–H groups in total. The quantitative estimate of drug-likeness (QED) is 0.716. The van der Waals surface area contributed by atoms with Gasteiger partial charge in [-0.15, -0.1) is 0 Å². The van der Waals surface area contributed by atoms with Gasteiger partial charge in [-0.1, -0.05) is 30.3 Å². The normalized spacial score (nSPS) is 32.1. The van der Waals surface area contributed by atoms with E-state index in [0.717, 1.165) is 5.56 Å². The number of nitrogens with one attached hydrogen (secondary N) is 1. The molecule has 2 heterocycles. The predicted molar refractivity (Wildman–Crippen MR) is 65.1 cm³/mol. The maximum Gasteiger partial charge on any atom is 0.248 e. The summed E-state index contributed by atoms with van der Waals surface area (Å²) in [5.41, 5.74) is 4.25. The van der Waals surface area contributed by atoms with Gasteiger partial charge in [0.05, 0.1) is 12.0 Å². The van der Waals surface area contributed by atoms with Crippen LogP contribution in [0.4, 0.5) is 0 Å². The first-order chi connectivity index (χ1) is 8.61. The highest BCUT2D eigenvalue weighted by molar-refractivity contribution is 6.07. The van der Waals surface area contributed by atoms with Crippen LogP contribution >= 0.6 is 0 Å². The molecule has 2 fully saturated rings. The van der Waals surface area contributed by atoms with Crippen LogP contribution in [-0.4, -0.2) is 41.9 Å². The number of likely N-dealkylation sites (tertiary alicyclic amines) is 1. The summed E-state index contributed by atoms with van der Waals surface area (Å²) in [6.45, 7) is 0. The van der Waals surface area contributed by atoms with E-state index in [4.69, 9.17) is 0 Å². The van der Waals surface area contributed by atoms with E-state index in [1.54, 1.807) is 12.1 Å². The average Bonchev–Trinajstić information content (AvgIpc) is 2.84. The molecular weight excluding hydrogens is 230 g/mol. The van der Waals surface area contributed by atoms with Gasteiger partial charge >= 0.3 is 0 Å². The Morgan fingerprint density at radius 3 is 2.39 bits per heavy atom. The number of hydrazine groups is 1. The fraction of sp³-hybridized carbons (Fsp3) is 0.385. The third kappa shape index (κ3) is 1.41. The summed E-state index contributed by atoms with van der Waals surface area (Å²) in [5.74, 6) is -0.552. The Bertz CT molecular complexity index is 502. The molecule has 2 saturated heterocycles. The van der Waals surface area contributed by atoms with E-state index in [-0.39, 0.29) is 29.8 Å². The van der Waals surface area contributed by atoms with E-state index in [0.29, 0.717) is 0 Å². The lowest BCUT2D eigenvalue weighted by Crippen LogP contribution is -2.41. The number of rotatable bonds is 1. The SMILES string of the molecule is CN1C(=O)[C@H]2[C@@H](C1=O)N(C)N[C@H]2c1ccccc1. The highest BCUT2D eigenvalue weighted by Gasteiger charge is 2.56. The lowest BCUT2D eigenvalue weighted by Gasteiger charge is -2.19. The number of nitrogens with zero attached hydrogens (tertiary/aromatic N) is 2. The van der Waals surface area contributed by atoms with Crippen LogP contribution in [0.5, 0.6) is 0 Å². The minimum atomic E-state index is -0.382.